The quantitative estimate of drug-likeness (QED) is 0.509. The summed E-state index contributed by atoms with van der Waals surface area (Å²) in [6.07, 6.45) is -4.43. The zero-order chi connectivity index (χ0) is 17.5. The van der Waals surface area contributed by atoms with E-state index in [0.29, 0.717) is 0 Å². The fraction of sp³-hybridized carbons (Fsp3) is 0.176. The molecule has 2 aromatic rings. The first-order valence-electron chi connectivity index (χ1n) is 7.06. The Morgan fingerprint density at radius 3 is 2.29 bits per heavy atom. The van der Waals surface area contributed by atoms with E-state index >= 15 is 0 Å². The molecule has 1 saturated heterocycles. The number of alkyl halides is 3. The third-order valence-electron chi connectivity index (χ3n) is 3.85. The third kappa shape index (κ3) is 3.17. The van der Waals surface area contributed by atoms with E-state index in [-0.39, 0.29) is 12.1 Å². The molecule has 0 bridgehead atoms. The molecule has 1 unspecified atom stereocenters. The van der Waals surface area contributed by atoms with E-state index in [1.807, 2.05) is 18.2 Å². The average Bonchev–Trinajstić information content (AvgIpc) is 2.82. The van der Waals surface area contributed by atoms with Gasteiger partial charge in [0.2, 0.25) is 5.78 Å². The molecule has 1 amide bonds. The van der Waals surface area contributed by atoms with Crippen molar-refractivity contribution in [3.8, 4) is 0 Å². The largest absolute Gasteiger partial charge is 0.416 e. The normalized spacial score (nSPS) is 18.3. The van der Waals surface area contributed by atoms with Gasteiger partial charge in [-0.05, 0) is 64.6 Å². The summed E-state index contributed by atoms with van der Waals surface area (Å²) in [4.78, 5) is 25.4. The molecule has 1 heterocycles. The number of Topliss-reactive ketones (excluding diaryl/α,β-unsaturated/α-hetero) is 1. The monoisotopic (exact) mass is 445 g/mol. The molecule has 3 nitrogen and oxygen atoms in total. The standard InChI is InChI=1S/C17H11F3INO2/c18-17(19,20)11-4-6-13(7-5-11)22-14(9-15(23)16(22)24)10-2-1-3-12(21)8-10/h1-8,14H,9H2. The van der Waals surface area contributed by atoms with Gasteiger partial charge >= 0.3 is 6.18 Å². The fourth-order valence-corrected chi connectivity index (χ4v) is 3.29. The summed E-state index contributed by atoms with van der Waals surface area (Å²) in [6.45, 7) is 0. The Bertz CT molecular complexity index is 802. The minimum atomic E-state index is -4.45. The van der Waals surface area contributed by atoms with Crippen molar-refractivity contribution in [1.29, 1.82) is 0 Å². The number of carbonyl (C=O) groups excluding carboxylic acids is 2. The Morgan fingerprint density at radius 2 is 1.71 bits per heavy atom. The van der Waals surface area contributed by atoms with Gasteiger partial charge in [-0.15, -0.1) is 0 Å². The number of anilines is 1. The molecule has 0 saturated carbocycles. The number of rotatable bonds is 2. The van der Waals surface area contributed by atoms with Gasteiger partial charge in [0, 0.05) is 15.7 Å². The summed E-state index contributed by atoms with van der Waals surface area (Å²) in [7, 11) is 0. The number of hydrogen-bond acceptors (Lipinski definition) is 2. The number of nitrogens with zero attached hydrogens (tertiary/aromatic N) is 1. The van der Waals surface area contributed by atoms with Crippen LogP contribution >= 0.6 is 22.6 Å². The minimum absolute atomic E-state index is 0.0138. The number of hydrogen-bond donors (Lipinski definition) is 0. The van der Waals surface area contributed by atoms with E-state index in [1.54, 1.807) is 6.07 Å². The van der Waals surface area contributed by atoms with Crippen LogP contribution in [0.4, 0.5) is 18.9 Å². The van der Waals surface area contributed by atoms with E-state index in [0.717, 1.165) is 21.3 Å². The van der Waals surface area contributed by atoms with Crippen molar-refractivity contribution in [2.75, 3.05) is 4.90 Å². The highest BCUT2D eigenvalue weighted by molar-refractivity contribution is 14.1. The molecule has 1 aliphatic rings. The van der Waals surface area contributed by atoms with Crippen molar-refractivity contribution in [2.45, 2.75) is 18.6 Å². The number of halogens is 4. The molecule has 2 aromatic carbocycles. The van der Waals surface area contributed by atoms with Gasteiger partial charge in [-0.1, -0.05) is 12.1 Å². The molecule has 0 N–H and O–H groups in total. The average molecular weight is 445 g/mol. The fourth-order valence-electron chi connectivity index (χ4n) is 2.72. The first kappa shape index (κ1) is 16.9. The maximum absolute atomic E-state index is 12.7. The van der Waals surface area contributed by atoms with Crippen molar-refractivity contribution in [3.63, 3.8) is 0 Å². The molecule has 1 atom stereocenters. The molecule has 1 aliphatic heterocycles. The van der Waals surface area contributed by atoms with Gasteiger partial charge in [-0.2, -0.15) is 13.2 Å². The van der Waals surface area contributed by atoms with Gasteiger partial charge in [0.1, 0.15) is 0 Å². The van der Waals surface area contributed by atoms with Crippen LogP contribution in [0.25, 0.3) is 0 Å². The van der Waals surface area contributed by atoms with E-state index in [2.05, 4.69) is 22.6 Å². The highest BCUT2D eigenvalue weighted by Gasteiger charge is 2.40. The summed E-state index contributed by atoms with van der Waals surface area (Å²) in [5.41, 5.74) is 0.263. The second kappa shape index (κ2) is 6.19. The number of carbonyl (C=O) groups is 2. The van der Waals surface area contributed by atoms with Crippen LogP contribution in [0, 0.1) is 3.57 Å². The van der Waals surface area contributed by atoms with Gasteiger partial charge in [-0.3, -0.25) is 14.5 Å². The topological polar surface area (TPSA) is 37.4 Å². The molecule has 1 fully saturated rings. The van der Waals surface area contributed by atoms with E-state index in [9.17, 15) is 22.8 Å². The molecule has 0 aliphatic carbocycles. The molecule has 24 heavy (non-hydrogen) atoms. The molecular weight excluding hydrogens is 434 g/mol. The van der Waals surface area contributed by atoms with Crippen molar-refractivity contribution in [2.24, 2.45) is 0 Å². The molecule has 7 heteroatoms. The highest BCUT2D eigenvalue weighted by atomic mass is 127. The van der Waals surface area contributed by atoms with Crippen molar-refractivity contribution >= 4 is 40.0 Å². The van der Waals surface area contributed by atoms with Crippen LogP contribution < -0.4 is 4.90 Å². The van der Waals surface area contributed by atoms with Crippen LogP contribution in [0.3, 0.4) is 0 Å². The summed E-state index contributed by atoms with van der Waals surface area (Å²) >= 11 is 2.12. The van der Waals surface area contributed by atoms with Crippen LogP contribution in [-0.2, 0) is 15.8 Å². The lowest BCUT2D eigenvalue weighted by Gasteiger charge is -2.25. The van der Waals surface area contributed by atoms with E-state index in [1.165, 1.54) is 17.0 Å². The van der Waals surface area contributed by atoms with Gasteiger partial charge in [0.15, 0.2) is 0 Å². The first-order valence-corrected chi connectivity index (χ1v) is 8.14. The van der Waals surface area contributed by atoms with Gasteiger partial charge < -0.3 is 0 Å². The number of benzene rings is 2. The predicted molar refractivity (Wildman–Crippen MR) is 90.5 cm³/mol. The van der Waals surface area contributed by atoms with Gasteiger partial charge in [0.25, 0.3) is 5.91 Å². The summed E-state index contributed by atoms with van der Waals surface area (Å²) in [5, 5.41) is 0. The maximum Gasteiger partial charge on any atom is 0.416 e. The molecule has 0 spiro atoms. The zero-order valence-corrected chi connectivity index (χ0v) is 14.3. The smallest absolute Gasteiger partial charge is 0.298 e. The van der Waals surface area contributed by atoms with Crippen LogP contribution in [0.2, 0.25) is 0 Å². The Labute approximate surface area is 149 Å². The lowest BCUT2D eigenvalue weighted by molar-refractivity contribution is -0.137. The zero-order valence-electron chi connectivity index (χ0n) is 12.2. The minimum Gasteiger partial charge on any atom is -0.298 e. The lowest BCUT2D eigenvalue weighted by atomic mass is 10.0. The van der Waals surface area contributed by atoms with Crippen LogP contribution in [0.15, 0.2) is 48.5 Å². The van der Waals surface area contributed by atoms with E-state index < -0.39 is 29.5 Å². The van der Waals surface area contributed by atoms with Crippen molar-refractivity contribution in [3.05, 3.63) is 63.2 Å². The Morgan fingerprint density at radius 1 is 1.04 bits per heavy atom. The van der Waals surface area contributed by atoms with Gasteiger partial charge in [0.05, 0.1) is 11.6 Å². The van der Waals surface area contributed by atoms with E-state index in [4.69, 9.17) is 0 Å². The summed E-state index contributed by atoms with van der Waals surface area (Å²) in [5.74, 6) is -1.24. The Hall–Kier alpha value is -1.90. The van der Waals surface area contributed by atoms with Crippen LogP contribution in [0.5, 0.6) is 0 Å². The summed E-state index contributed by atoms with van der Waals surface area (Å²) in [6, 6.07) is 11.1. The van der Waals surface area contributed by atoms with Crippen molar-refractivity contribution in [1.82, 2.24) is 0 Å². The van der Waals surface area contributed by atoms with Crippen LogP contribution in [-0.4, -0.2) is 11.7 Å². The van der Waals surface area contributed by atoms with Crippen LogP contribution in [0.1, 0.15) is 23.6 Å². The highest BCUT2D eigenvalue weighted by Crippen LogP contribution is 2.37. The molecule has 3 rings (SSSR count). The summed E-state index contributed by atoms with van der Waals surface area (Å²) < 4.78 is 39.0. The molecule has 0 aromatic heterocycles. The SMILES string of the molecule is O=C1CC(c2cccc(I)c2)N(c2ccc(C(F)(F)F)cc2)C1=O. The second-order valence-corrected chi connectivity index (χ2v) is 6.66. The lowest BCUT2D eigenvalue weighted by Crippen LogP contribution is -2.29. The first-order chi connectivity index (χ1) is 11.3. The van der Waals surface area contributed by atoms with Crippen molar-refractivity contribution < 1.29 is 22.8 Å². The maximum atomic E-state index is 12.7. The third-order valence-corrected chi connectivity index (χ3v) is 4.52. The number of ketones is 1. The number of amides is 1. The van der Waals surface area contributed by atoms with Gasteiger partial charge in [-0.25, -0.2) is 0 Å². The Kier molecular flexibility index (Phi) is 4.37. The molecular formula is C17H11F3INO2. The Balaban J connectivity index is 2.00. The second-order valence-electron chi connectivity index (χ2n) is 5.42. The molecule has 124 valence electrons. The molecule has 0 radical (unpaired) electrons. The predicted octanol–water partition coefficient (Wildman–Crippen LogP) is 4.36.